The number of hydrogen-bond donors (Lipinski definition) is 0. The van der Waals surface area contributed by atoms with Crippen LogP contribution in [0.4, 0.5) is 34.1 Å². The second kappa shape index (κ2) is 16.5. The molecular weight excluding hydrogens is 821 g/mol. The minimum Gasteiger partial charge on any atom is -0.456 e. The highest BCUT2D eigenvalue weighted by atomic mass is 32.1. The van der Waals surface area contributed by atoms with Gasteiger partial charge < -0.3 is 14.2 Å². The second-order valence-corrected chi connectivity index (χ2v) is 20.1. The fraction of sp³-hybridized carbons (Fsp3) is 0.194. The zero-order valence-electron chi connectivity index (χ0n) is 37.3. The molecule has 2 saturated carbocycles. The fourth-order valence-electron chi connectivity index (χ4n) is 11.5. The van der Waals surface area contributed by atoms with Crippen molar-refractivity contribution in [2.24, 2.45) is 0 Å². The molecule has 11 aromatic rings. The Morgan fingerprint density at radius 2 is 0.758 bits per heavy atom. The summed E-state index contributed by atoms with van der Waals surface area (Å²) in [6, 6.07) is 68.1. The Morgan fingerprint density at radius 3 is 1.30 bits per heavy atom. The molecule has 0 spiro atoms. The monoisotopic (exact) mass is 872 g/mol. The maximum atomic E-state index is 6.74. The van der Waals surface area contributed by atoms with Crippen LogP contribution < -0.4 is 9.80 Å². The molecule has 0 radical (unpaired) electrons. The largest absolute Gasteiger partial charge is 0.456 e. The molecule has 2 heterocycles. The minimum absolute atomic E-state index is 0.685. The lowest BCUT2D eigenvalue weighted by Crippen LogP contribution is -2.10. The van der Waals surface area contributed by atoms with Gasteiger partial charge in [-0.2, -0.15) is 0 Å². The summed E-state index contributed by atoms with van der Waals surface area (Å²) in [6.07, 6.45) is 13.4. The molecule has 0 saturated heterocycles. The van der Waals surface area contributed by atoms with Crippen LogP contribution in [0.3, 0.4) is 0 Å². The van der Waals surface area contributed by atoms with Crippen LogP contribution >= 0.6 is 11.3 Å². The summed E-state index contributed by atoms with van der Waals surface area (Å²) in [4.78, 5) is 4.78. The van der Waals surface area contributed by atoms with Gasteiger partial charge in [0.1, 0.15) is 11.2 Å². The maximum Gasteiger partial charge on any atom is 0.136 e. The van der Waals surface area contributed by atoms with Crippen LogP contribution in [0.5, 0.6) is 0 Å². The number of fused-ring (bicyclic) bond motifs is 8. The third-order valence-corrected chi connectivity index (χ3v) is 16.1. The lowest BCUT2D eigenvalue weighted by atomic mass is 9.84. The SMILES string of the molecule is c1ccc(N(c2ccc(C3CCCCC3)cc2)c2ccc3cc4c(cc3c2)oc2cc3sc5cc6cc(N(c7ccccc7)c7ccc(C8CCCCC8)cc7)ccc6cc5c3cc24)cc1. The lowest BCUT2D eigenvalue weighted by Gasteiger charge is -2.27. The first kappa shape index (κ1) is 39.5. The highest BCUT2D eigenvalue weighted by Gasteiger charge is 2.21. The van der Waals surface area contributed by atoms with E-state index in [0.29, 0.717) is 11.8 Å². The fourth-order valence-corrected chi connectivity index (χ4v) is 12.6. The molecule has 2 aliphatic carbocycles. The highest BCUT2D eigenvalue weighted by Crippen LogP contribution is 2.45. The van der Waals surface area contributed by atoms with E-state index in [0.717, 1.165) is 39.0 Å². The molecule has 322 valence electrons. The molecule has 13 rings (SSSR count). The zero-order valence-corrected chi connectivity index (χ0v) is 38.1. The van der Waals surface area contributed by atoms with Crippen molar-refractivity contribution in [1.82, 2.24) is 0 Å². The molecule has 0 N–H and O–H groups in total. The van der Waals surface area contributed by atoms with Gasteiger partial charge in [0.05, 0.1) is 0 Å². The molecule has 0 bridgehead atoms. The van der Waals surface area contributed by atoms with Crippen LogP contribution in [0.25, 0.3) is 63.7 Å². The number of anilines is 6. The van der Waals surface area contributed by atoms with Crippen molar-refractivity contribution in [1.29, 1.82) is 0 Å². The molecule has 2 aliphatic rings. The molecule has 0 aliphatic heterocycles. The van der Waals surface area contributed by atoms with E-state index in [1.54, 1.807) is 0 Å². The molecule has 66 heavy (non-hydrogen) atoms. The Kier molecular flexibility index (Phi) is 9.89. The molecule has 4 heteroatoms. The van der Waals surface area contributed by atoms with E-state index >= 15 is 0 Å². The highest BCUT2D eigenvalue weighted by molar-refractivity contribution is 7.26. The van der Waals surface area contributed by atoms with Crippen LogP contribution in [0.1, 0.15) is 87.2 Å². The van der Waals surface area contributed by atoms with E-state index in [2.05, 4.69) is 192 Å². The van der Waals surface area contributed by atoms with Crippen LogP contribution in [0, 0.1) is 0 Å². The third kappa shape index (κ3) is 7.11. The molecule has 0 unspecified atom stereocenters. The summed E-state index contributed by atoms with van der Waals surface area (Å²) in [6.45, 7) is 0. The maximum absolute atomic E-state index is 6.74. The summed E-state index contributed by atoms with van der Waals surface area (Å²) >= 11 is 1.86. The van der Waals surface area contributed by atoms with Crippen molar-refractivity contribution in [3.63, 3.8) is 0 Å². The first-order chi connectivity index (χ1) is 32.7. The summed E-state index contributed by atoms with van der Waals surface area (Å²) in [5.41, 5.74) is 11.8. The van der Waals surface area contributed by atoms with Gasteiger partial charge in [-0.3, -0.25) is 0 Å². The van der Waals surface area contributed by atoms with Gasteiger partial charge in [0.2, 0.25) is 0 Å². The van der Waals surface area contributed by atoms with E-state index in [1.165, 1.54) is 134 Å². The molecule has 2 aromatic heterocycles. The smallest absolute Gasteiger partial charge is 0.136 e. The molecule has 9 aromatic carbocycles. The van der Waals surface area contributed by atoms with E-state index in [-0.39, 0.29) is 0 Å². The van der Waals surface area contributed by atoms with Crippen LogP contribution in [0.2, 0.25) is 0 Å². The Morgan fingerprint density at radius 1 is 0.333 bits per heavy atom. The number of nitrogens with zero attached hydrogens (tertiary/aromatic N) is 2. The Bertz CT molecular complexity index is 3310. The van der Waals surface area contributed by atoms with Crippen LogP contribution in [0.15, 0.2) is 186 Å². The first-order valence-corrected chi connectivity index (χ1v) is 25.1. The van der Waals surface area contributed by atoms with Crippen molar-refractivity contribution in [3.05, 3.63) is 193 Å². The summed E-state index contributed by atoms with van der Waals surface area (Å²) < 4.78 is 9.28. The lowest BCUT2D eigenvalue weighted by molar-refractivity contribution is 0.443. The van der Waals surface area contributed by atoms with E-state index in [1.807, 2.05) is 11.3 Å². The van der Waals surface area contributed by atoms with Gasteiger partial charge in [0.25, 0.3) is 0 Å². The third-order valence-electron chi connectivity index (χ3n) is 14.9. The zero-order chi connectivity index (χ0) is 43.6. The van der Waals surface area contributed by atoms with Gasteiger partial charge in [-0.15, -0.1) is 11.3 Å². The van der Waals surface area contributed by atoms with Crippen LogP contribution in [-0.2, 0) is 0 Å². The second-order valence-electron chi connectivity index (χ2n) is 19.0. The van der Waals surface area contributed by atoms with Crippen molar-refractivity contribution >= 4 is 109 Å². The van der Waals surface area contributed by atoms with Crippen molar-refractivity contribution < 1.29 is 4.42 Å². The first-order valence-electron chi connectivity index (χ1n) is 24.3. The topological polar surface area (TPSA) is 19.6 Å². The van der Waals surface area contributed by atoms with Gasteiger partial charge in [0.15, 0.2) is 0 Å². The molecule has 2 fully saturated rings. The quantitative estimate of drug-likeness (QED) is 0.152. The molecule has 0 amide bonds. The van der Waals surface area contributed by atoms with Gasteiger partial charge >= 0.3 is 0 Å². The molecule has 3 nitrogen and oxygen atoms in total. The number of benzene rings is 9. The Balaban J connectivity index is 0.850. The van der Waals surface area contributed by atoms with Gasteiger partial charge in [-0.1, -0.05) is 111 Å². The predicted octanol–water partition coefficient (Wildman–Crippen LogP) is 19.3. The standard InChI is InChI=1S/C62H52N2OS/c1-5-13-41(14-6-1)43-21-27-51(28-22-43)63(49-17-9-3-10-18-49)53-31-25-45-35-55-56-39-58-57-36-46-26-32-54(34-48(46)38-61(57)66-62(58)40-60(56)65-59(55)37-47(45)33-53)64(50-19-11-4-12-20-50)52-29-23-44(24-30-52)42-15-7-2-8-16-42/h3-4,9-12,17-42H,1-2,5-8,13-16H2. The van der Waals surface area contributed by atoms with Crippen molar-refractivity contribution in [2.75, 3.05) is 9.80 Å². The summed E-state index contributed by atoms with van der Waals surface area (Å²) in [5, 5.41) is 9.75. The average Bonchev–Trinajstić information content (AvgIpc) is 3.91. The van der Waals surface area contributed by atoms with Crippen molar-refractivity contribution in [3.8, 4) is 0 Å². The summed E-state index contributed by atoms with van der Waals surface area (Å²) in [5.74, 6) is 1.38. The van der Waals surface area contributed by atoms with Gasteiger partial charge in [-0.05, 0) is 179 Å². The number of para-hydroxylation sites is 2. The molecular formula is C62H52N2OS. The number of furan rings is 1. The number of thiophene rings is 1. The van der Waals surface area contributed by atoms with Gasteiger partial charge in [0, 0.05) is 65.1 Å². The Labute approximate surface area is 390 Å². The normalized spacial score (nSPS) is 15.2. The minimum atomic E-state index is 0.685. The number of hydrogen-bond acceptors (Lipinski definition) is 4. The molecule has 0 atom stereocenters. The van der Waals surface area contributed by atoms with Crippen molar-refractivity contribution in [2.45, 2.75) is 76.0 Å². The van der Waals surface area contributed by atoms with Crippen LogP contribution in [-0.4, -0.2) is 0 Å². The average molecular weight is 873 g/mol. The van der Waals surface area contributed by atoms with Gasteiger partial charge in [-0.25, -0.2) is 0 Å². The number of rotatable bonds is 8. The Hall–Kier alpha value is -6.88. The van der Waals surface area contributed by atoms with E-state index < -0.39 is 0 Å². The van der Waals surface area contributed by atoms with E-state index in [9.17, 15) is 0 Å². The van der Waals surface area contributed by atoms with E-state index in [4.69, 9.17) is 4.42 Å². The predicted molar refractivity (Wildman–Crippen MR) is 283 cm³/mol. The summed E-state index contributed by atoms with van der Waals surface area (Å²) in [7, 11) is 0.